The molecule has 3 heteroatoms. The van der Waals surface area contributed by atoms with Crippen LogP contribution in [0.2, 0.25) is 0 Å². The monoisotopic (exact) mass is 335 g/mol. The molecule has 0 radical (unpaired) electrons. The van der Waals surface area contributed by atoms with Gasteiger partial charge in [0, 0.05) is 0 Å². The van der Waals surface area contributed by atoms with Crippen LogP contribution in [-0.4, -0.2) is 27.0 Å². The van der Waals surface area contributed by atoms with E-state index in [2.05, 4.69) is 27.7 Å². The van der Waals surface area contributed by atoms with Crippen LogP contribution in [0.15, 0.2) is 48.5 Å². The van der Waals surface area contributed by atoms with Gasteiger partial charge >= 0.3 is 108 Å². The standard InChI is InChI=1S/C8H9N.C6H4F.Sb/c9-7-6-8-4-2-1-3-5-8;7-6-4-2-1-3-5-6;/h1-4,9H,6-7H2;2-5H;/q-1;;+1. The third-order valence-electron chi connectivity index (χ3n) is 2.98. The molecule has 1 N–H and O–H groups in total. The molecule has 1 nitrogen and oxygen atoms in total. The van der Waals surface area contributed by atoms with Gasteiger partial charge in [-0.25, -0.2) is 0 Å². The van der Waals surface area contributed by atoms with Gasteiger partial charge in [0.1, 0.15) is 0 Å². The Morgan fingerprint density at radius 3 is 2.59 bits per heavy atom. The number of benzene rings is 2. The van der Waals surface area contributed by atoms with Crippen LogP contribution in [-0.2, 0) is 6.42 Å². The van der Waals surface area contributed by atoms with Crippen molar-refractivity contribution in [1.82, 2.24) is 3.48 Å². The first-order valence-corrected chi connectivity index (χ1v) is 9.54. The summed E-state index contributed by atoms with van der Waals surface area (Å²) >= 11 is -1.80. The van der Waals surface area contributed by atoms with E-state index in [0.29, 0.717) is 0 Å². The van der Waals surface area contributed by atoms with Crippen molar-refractivity contribution in [2.75, 3.05) is 6.54 Å². The molecule has 3 rings (SSSR count). The third-order valence-corrected chi connectivity index (χ3v) is 9.47. The predicted octanol–water partition coefficient (Wildman–Crippen LogP) is 1.08. The Morgan fingerprint density at radius 1 is 1.00 bits per heavy atom. The summed E-state index contributed by atoms with van der Waals surface area (Å²) in [6, 6.07) is 15.7. The maximum atomic E-state index is 12.9. The topological polar surface area (TPSA) is 12.0 Å². The van der Waals surface area contributed by atoms with Crippen molar-refractivity contribution in [3.63, 3.8) is 0 Å². The Balaban J connectivity index is 2.03. The van der Waals surface area contributed by atoms with Crippen molar-refractivity contribution in [3.05, 3.63) is 59.9 Å². The van der Waals surface area contributed by atoms with E-state index >= 15 is 0 Å². The van der Waals surface area contributed by atoms with Crippen molar-refractivity contribution in [1.29, 1.82) is 0 Å². The fourth-order valence-electron chi connectivity index (χ4n) is 2.15. The van der Waals surface area contributed by atoms with Crippen molar-refractivity contribution in [2.24, 2.45) is 0 Å². The maximum absolute atomic E-state index is 12.9. The molecule has 0 unspecified atom stereocenters. The summed E-state index contributed by atoms with van der Waals surface area (Å²) in [6.07, 6.45) is 1.11. The van der Waals surface area contributed by atoms with Gasteiger partial charge in [-0.05, 0) is 0 Å². The fourth-order valence-corrected chi connectivity index (χ4v) is 8.21. The number of rotatable bonds is 1. The van der Waals surface area contributed by atoms with Crippen LogP contribution in [0.3, 0.4) is 0 Å². The second kappa shape index (κ2) is 4.79. The van der Waals surface area contributed by atoms with Crippen LogP contribution >= 0.6 is 0 Å². The van der Waals surface area contributed by atoms with E-state index in [1.165, 1.54) is 12.6 Å². The van der Waals surface area contributed by atoms with Gasteiger partial charge in [-0.1, -0.05) is 0 Å². The molecule has 2 aromatic carbocycles. The molecule has 1 aliphatic rings. The molecule has 0 aliphatic carbocycles. The molecule has 0 bridgehead atoms. The zero-order chi connectivity index (χ0) is 11.7. The zero-order valence-corrected chi connectivity index (χ0v) is 11.9. The molecule has 0 saturated carbocycles. The number of halogens is 1. The molecule has 1 heterocycles. The van der Waals surface area contributed by atoms with Crippen LogP contribution in [0.1, 0.15) is 5.56 Å². The third kappa shape index (κ3) is 2.25. The van der Waals surface area contributed by atoms with E-state index in [-0.39, 0.29) is 5.82 Å². The molecule has 1 aliphatic heterocycles. The second-order valence-electron chi connectivity index (χ2n) is 4.10. The molecule has 0 amide bonds. The van der Waals surface area contributed by atoms with E-state index in [9.17, 15) is 4.39 Å². The van der Waals surface area contributed by atoms with Gasteiger partial charge in [0.05, 0.1) is 0 Å². The molecule has 86 valence electrons. The van der Waals surface area contributed by atoms with Gasteiger partial charge in [0.25, 0.3) is 0 Å². The van der Waals surface area contributed by atoms with E-state index in [4.69, 9.17) is 0 Å². The van der Waals surface area contributed by atoms with E-state index < -0.39 is 20.5 Å². The summed E-state index contributed by atoms with van der Waals surface area (Å²) in [5.41, 5.74) is 1.47. The summed E-state index contributed by atoms with van der Waals surface area (Å²) in [5, 5.41) is 0. The van der Waals surface area contributed by atoms with Crippen molar-refractivity contribution >= 4 is 27.5 Å². The average molecular weight is 336 g/mol. The van der Waals surface area contributed by atoms with Gasteiger partial charge in [-0.2, -0.15) is 0 Å². The second-order valence-corrected chi connectivity index (χ2v) is 9.76. The Labute approximate surface area is 108 Å². The van der Waals surface area contributed by atoms with E-state index in [0.717, 1.165) is 13.0 Å². The Kier molecular flexibility index (Phi) is 3.17. The van der Waals surface area contributed by atoms with Gasteiger partial charge in [-0.15, -0.1) is 0 Å². The summed E-state index contributed by atoms with van der Waals surface area (Å²) < 4.78 is 19.4. The summed E-state index contributed by atoms with van der Waals surface area (Å²) in [5.74, 6) is -0.153. The number of nitrogens with one attached hydrogen (secondary N) is 1. The van der Waals surface area contributed by atoms with Crippen LogP contribution in [0.5, 0.6) is 0 Å². The average Bonchev–Trinajstić information content (AvgIpc) is 2.39. The SMILES string of the molecule is Fc1cc[c]([Sb]2[NH]CCc3cccc[c]32)cc1. The van der Waals surface area contributed by atoms with Crippen LogP contribution in [0, 0.1) is 5.82 Å². The summed E-state index contributed by atoms with van der Waals surface area (Å²) in [6.45, 7) is 1.05. The number of hydrogen-bond acceptors (Lipinski definition) is 1. The van der Waals surface area contributed by atoms with Gasteiger partial charge in [0.15, 0.2) is 0 Å². The minimum absolute atomic E-state index is 0.153. The van der Waals surface area contributed by atoms with Crippen molar-refractivity contribution in [2.45, 2.75) is 6.42 Å². The molecular formula is C14H13FNSb. The molecular weight excluding hydrogens is 323 g/mol. The van der Waals surface area contributed by atoms with Gasteiger partial charge in [-0.3, -0.25) is 0 Å². The fraction of sp³-hybridized carbons (Fsp3) is 0.143. The Bertz CT molecular complexity index is 524. The number of hydrogen-bond donors (Lipinski definition) is 1. The van der Waals surface area contributed by atoms with Gasteiger partial charge in [0.2, 0.25) is 0 Å². The van der Waals surface area contributed by atoms with Crippen LogP contribution in [0.4, 0.5) is 4.39 Å². The van der Waals surface area contributed by atoms with E-state index in [1.807, 2.05) is 12.1 Å². The quantitative estimate of drug-likeness (QED) is 0.769. The van der Waals surface area contributed by atoms with Crippen molar-refractivity contribution < 1.29 is 4.39 Å². The van der Waals surface area contributed by atoms with Crippen LogP contribution in [0.25, 0.3) is 0 Å². The minimum atomic E-state index is -1.80. The molecule has 0 aromatic heterocycles. The zero-order valence-electron chi connectivity index (χ0n) is 9.36. The molecule has 0 fully saturated rings. The normalized spacial score (nSPS) is 15.6. The Morgan fingerprint density at radius 2 is 1.76 bits per heavy atom. The summed E-state index contributed by atoms with van der Waals surface area (Å²) in [4.78, 5) is 0. The van der Waals surface area contributed by atoms with Crippen LogP contribution < -0.4 is 10.5 Å². The summed E-state index contributed by atoms with van der Waals surface area (Å²) in [7, 11) is 0. The molecule has 0 atom stereocenters. The Hall–Kier alpha value is -0.852. The molecule has 2 aromatic rings. The van der Waals surface area contributed by atoms with E-state index in [1.54, 1.807) is 12.1 Å². The first-order valence-electron chi connectivity index (χ1n) is 5.72. The van der Waals surface area contributed by atoms with Crippen molar-refractivity contribution in [3.8, 4) is 0 Å². The van der Waals surface area contributed by atoms with Gasteiger partial charge < -0.3 is 0 Å². The first-order chi connectivity index (χ1) is 8.34. The molecule has 0 saturated heterocycles. The first kappa shape index (κ1) is 11.3. The predicted molar refractivity (Wildman–Crippen MR) is 69.6 cm³/mol. The number of fused-ring (bicyclic) bond motifs is 1. The molecule has 0 spiro atoms. The molecule has 17 heavy (non-hydrogen) atoms.